The predicted octanol–water partition coefficient (Wildman–Crippen LogP) is 0.320. The molecule has 0 saturated carbocycles. The van der Waals surface area contributed by atoms with E-state index in [1.165, 1.54) is 7.11 Å². The van der Waals surface area contributed by atoms with Crippen LogP contribution in [0.2, 0.25) is 0 Å². The molecule has 0 aromatic carbocycles. The number of hydrogen-bond donors (Lipinski definition) is 0. The number of rotatable bonds is 3. The molecule has 3 aliphatic rings. The fraction of sp³-hybridized carbons (Fsp3) is 0.647. The zero-order chi connectivity index (χ0) is 17.8. The summed E-state index contributed by atoms with van der Waals surface area (Å²) in [5.41, 5.74) is 1.95. The molecule has 0 N–H and O–H groups in total. The minimum atomic E-state index is -1.16. The first-order valence-electron chi connectivity index (χ1n) is 7.94. The number of nitrogens with zero attached hydrogens (tertiary/aromatic N) is 2. The molecule has 0 aromatic heterocycles. The minimum absolute atomic E-state index is 0.0491. The number of Topliss-reactive ketones (excluding diaryl/α,β-unsaturated/α-hetero) is 1. The van der Waals surface area contributed by atoms with Gasteiger partial charge in [0.1, 0.15) is 0 Å². The van der Waals surface area contributed by atoms with Crippen LogP contribution in [0.3, 0.4) is 0 Å². The minimum Gasteiger partial charge on any atom is -0.492 e. The van der Waals surface area contributed by atoms with Gasteiger partial charge in [-0.15, -0.1) is 0 Å². The number of likely N-dealkylation sites (N-methyl/N-ethyl adjacent to an activating group) is 2. The van der Waals surface area contributed by atoms with Gasteiger partial charge in [0, 0.05) is 44.5 Å². The number of ether oxygens (including phenoxy) is 3. The Morgan fingerprint density at radius 3 is 2.25 bits per heavy atom. The standard InChI is InChI=1S/C17H24N2O5/c1-9-15(22-4)14(20)13-10(17(9,23-5)24-6)7-11-16(21)18(2)8-12(13)19(11)3/h11-12H,7-8H2,1-6H3. The Balaban J connectivity index is 2.24. The molecule has 24 heavy (non-hydrogen) atoms. The van der Waals surface area contributed by atoms with E-state index in [1.54, 1.807) is 33.1 Å². The van der Waals surface area contributed by atoms with E-state index in [0.29, 0.717) is 24.1 Å². The van der Waals surface area contributed by atoms with Crippen LogP contribution >= 0.6 is 0 Å². The van der Waals surface area contributed by atoms with Crippen molar-refractivity contribution >= 4 is 11.7 Å². The largest absolute Gasteiger partial charge is 0.492 e. The maximum atomic E-state index is 13.1. The summed E-state index contributed by atoms with van der Waals surface area (Å²) in [7, 11) is 8.22. The van der Waals surface area contributed by atoms with Gasteiger partial charge in [0.15, 0.2) is 5.76 Å². The summed E-state index contributed by atoms with van der Waals surface area (Å²) in [6.07, 6.45) is 0.396. The van der Waals surface area contributed by atoms with Gasteiger partial charge in [-0.3, -0.25) is 14.5 Å². The highest BCUT2D eigenvalue weighted by atomic mass is 16.7. The molecule has 7 nitrogen and oxygen atoms in total. The maximum absolute atomic E-state index is 13.1. The Morgan fingerprint density at radius 2 is 1.71 bits per heavy atom. The zero-order valence-electron chi connectivity index (χ0n) is 15.0. The summed E-state index contributed by atoms with van der Waals surface area (Å²) >= 11 is 0. The lowest BCUT2D eigenvalue weighted by Crippen LogP contribution is -2.65. The molecule has 1 saturated heterocycles. The number of carbonyl (C=O) groups is 2. The molecule has 0 spiro atoms. The van der Waals surface area contributed by atoms with Crippen molar-refractivity contribution in [1.82, 2.24) is 9.80 Å². The number of piperazine rings is 1. The van der Waals surface area contributed by atoms with Gasteiger partial charge in [-0.2, -0.15) is 0 Å². The molecular formula is C17H24N2O5. The quantitative estimate of drug-likeness (QED) is 0.692. The van der Waals surface area contributed by atoms with E-state index in [9.17, 15) is 9.59 Å². The molecule has 1 amide bonds. The van der Waals surface area contributed by atoms with Crippen molar-refractivity contribution in [3.8, 4) is 0 Å². The molecule has 7 heteroatoms. The summed E-state index contributed by atoms with van der Waals surface area (Å²) in [5.74, 6) is -1.01. The molecule has 2 bridgehead atoms. The van der Waals surface area contributed by atoms with Crippen LogP contribution in [0.1, 0.15) is 13.3 Å². The number of hydrogen-bond acceptors (Lipinski definition) is 6. The van der Waals surface area contributed by atoms with E-state index < -0.39 is 5.79 Å². The van der Waals surface area contributed by atoms with Gasteiger partial charge >= 0.3 is 0 Å². The van der Waals surface area contributed by atoms with Crippen molar-refractivity contribution in [1.29, 1.82) is 0 Å². The zero-order valence-corrected chi connectivity index (χ0v) is 15.0. The normalized spacial score (nSPS) is 30.0. The Labute approximate surface area is 141 Å². The monoisotopic (exact) mass is 336 g/mol. The number of ketones is 1. The summed E-state index contributed by atoms with van der Waals surface area (Å²) in [4.78, 5) is 29.3. The van der Waals surface area contributed by atoms with Crippen LogP contribution in [0, 0.1) is 0 Å². The first-order valence-corrected chi connectivity index (χ1v) is 7.94. The smallest absolute Gasteiger partial charge is 0.240 e. The Kier molecular flexibility index (Phi) is 4.06. The number of fused-ring (bicyclic) bond motifs is 3. The van der Waals surface area contributed by atoms with Gasteiger partial charge in [0.05, 0.1) is 19.2 Å². The highest BCUT2D eigenvalue weighted by molar-refractivity contribution is 6.11. The lowest BCUT2D eigenvalue weighted by Gasteiger charge is -2.52. The average Bonchev–Trinajstić information content (AvgIpc) is 2.56. The highest BCUT2D eigenvalue weighted by Crippen LogP contribution is 2.47. The third kappa shape index (κ3) is 1.95. The van der Waals surface area contributed by atoms with Crippen LogP contribution in [-0.2, 0) is 23.8 Å². The molecular weight excluding hydrogens is 312 g/mol. The van der Waals surface area contributed by atoms with Crippen molar-refractivity contribution in [3.05, 3.63) is 22.5 Å². The Hall–Kier alpha value is -1.70. The second kappa shape index (κ2) is 5.68. The average molecular weight is 336 g/mol. The molecule has 132 valence electrons. The van der Waals surface area contributed by atoms with E-state index >= 15 is 0 Å². The van der Waals surface area contributed by atoms with Crippen molar-refractivity contribution < 1.29 is 23.8 Å². The number of allylic oxidation sites excluding steroid dienone is 1. The molecule has 1 aliphatic carbocycles. The molecule has 2 aliphatic heterocycles. The fourth-order valence-corrected chi connectivity index (χ4v) is 4.30. The van der Waals surface area contributed by atoms with Crippen molar-refractivity contribution in [2.45, 2.75) is 31.2 Å². The Morgan fingerprint density at radius 1 is 1.08 bits per heavy atom. The maximum Gasteiger partial charge on any atom is 0.240 e. The fourth-order valence-electron chi connectivity index (χ4n) is 4.30. The third-order valence-electron chi connectivity index (χ3n) is 5.61. The van der Waals surface area contributed by atoms with Gasteiger partial charge in [-0.05, 0) is 20.4 Å². The van der Waals surface area contributed by atoms with E-state index in [2.05, 4.69) is 0 Å². The lowest BCUT2D eigenvalue weighted by atomic mass is 9.74. The van der Waals surface area contributed by atoms with Crippen LogP contribution in [-0.4, -0.2) is 81.3 Å². The second-order valence-corrected chi connectivity index (χ2v) is 6.52. The van der Waals surface area contributed by atoms with E-state index in [0.717, 1.165) is 5.57 Å². The second-order valence-electron chi connectivity index (χ2n) is 6.52. The van der Waals surface area contributed by atoms with E-state index in [-0.39, 0.29) is 29.5 Å². The number of methoxy groups -OCH3 is 3. The topological polar surface area (TPSA) is 68.3 Å². The molecule has 1 fully saturated rings. The lowest BCUT2D eigenvalue weighted by molar-refractivity contribution is -0.166. The molecule has 2 atom stereocenters. The van der Waals surface area contributed by atoms with Gasteiger partial charge in [0.25, 0.3) is 0 Å². The first kappa shape index (κ1) is 17.1. The summed E-state index contributed by atoms with van der Waals surface area (Å²) < 4.78 is 16.9. The number of carbonyl (C=O) groups excluding carboxylic acids is 2. The van der Waals surface area contributed by atoms with Gasteiger partial charge < -0.3 is 19.1 Å². The van der Waals surface area contributed by atoms with Gasteiger partial charge in [-0.1, -0.05) is 0 Å². The summed E-state index contributed by atoms with van der Waals surface area (Å²) in [6.45, 7) is 2.23. The van der Waals surface area contributed by atoms with Crippen molar-refractivity contribution in [2.75, 3.05) is 42.0 Å². The Bertz CT molecular complexity index is 662. The first-order chi connectivity index (χ1) is 11.3. The summed E-state index contributed by atoms with van der Waals surface area (Å²) in [6, 6.07) is -0.515. The molecule has 2 heterocycles. The van der Waals surface area contributed by atoms with Crippen molar-refractivity contribution in [2.24, 2.45) is 0 Å². The number of amides is 1. The SMILES string of the molecule is COC1=C(C)C(OC)(OC)C2=C(C1=O)C1CN(C)C(=O)C(C2)N1C. The van der Waals surface area contributed by atoms with Crippen LogP contribution < -0.4 is 0 Å². The molecule has 2 unspecified atom stereocenters. The van der Waals surface area contributed by atoms with Crippen LogP contribution in [0.25, 0.3) is 0 Å². The molecule has 0 radical (unpaired) electrons. The third-order valence-corrected chi connectivity index (χ3v) is 5.61. The van der Waals surface area contributed by atoms with E-state index in [4.69, 9.17) is 14.2 Å². The van der Waals surface area contributed by atoms with Crippen LogP contribution in [0.4, 0.5) is 0 Å². The van der Waals surface area contributed by atoms with Gasteiger partial charge in [-0.25, -0.2) is 0 Å². The van der Waals surface area contributed by atoms with Crippen LogP contribution in [0.5, 0.6) is 0 Å². The highest BCUT2D eigenvalue weighted by Gasteiger charge is 2.55. The van der Waals surface area contributed by atoms with E-state index in [1.807, 2.05) is 11.9 Å². The molecule has 0 aromatic rings. The summed E-state index contributed by atoms with van der Waals surface area (Å²) in [5, 5.41) is 0. The van der Waals surface area contributed by atoms with Crippen LogP contribution in [0.15, 0.2) is 22.5 Å². The van der Waals surface area contributed by atoms with Gasteiger partial charge in [0.2, 0.25) is 17.5 Å². The predicted molar refractivity (Wildman–Crippen MR) is 86.1 cm³/mol. The van der Waals surface area contributed by atoms with Crippen molar-refractivity contribution in [3.63, 3.8) is 0 Å². The molecule has 3 rings (SSSR count).